The zero-order valence-electron chi connectivity index (χ0n) is 9.62. The van der Waals surface area contributed by atoms with Crippen LogP contribution in [-0.4, -0.2) is 42.5 Å². The molecule has 0 aliphatic rings. The largest absolute Gasteiger partial charge is 0.396 e. The van der Waals surface area contributed by atoms with Gasteiger partial charge in [0.25, 0.3) is 10.1 Å². The Bertz CT molecular complexity index is 371. The van der Waals surface area contributed by atoms with E-state index < -0.39 is 40.0 Å². The van der Waals surface area contributed by atoms with Gasteiger partial charge in [0, 0.05) is 11.5 Å². The van der Waals surface area contributed by atoms with E-state index in [2.05, 4.69) is 16.4 Å². The van der Waals surface area contributed by atoms with E-state index in [-0.39, 0.29) is 0 Å². The number of hydrogen-bond acceptors (Lipinski definition) is 6. The Morgan fingerprint density at radius 2 is 2.06 bits per heavy atom. The van der Waals surface area contributed by atoms with E-state index in [1.54, 1.807) is 0 Å². The molecule has 0 rings (SSSR count). The van der Waals surface area contributed by atoms with Crippen molar-refractivity contribution in [3.05, 3.63) is 12.7 Å². The van der Waals surface area contributed by atoms with Crippen LogP contribution < -0.4 is 0 Å². The van der Waals surface area contributed by atoms with E-state index in [0.717, 1.165) is 6.08 Å². The molecule has 0 fully saturated rings. The van der Waals surface area contributed by atoms with Gasteiger partial charge in [0.15, 0.2) is 0 Å². The number of aliphatic hydroxyl groups excluding tert-OH is 1. The van der Waals surface area contributed by atoms with E-state index in [0.29, 0.717) is 0 Å². The Labute approximate surface area is 99.7 Å². The van der Waals surface area contributed by atoms with Crippen LogP contribution in [-0.2, 0) is 24.7 Å². The van der Waals surface area contributed by atoms with Gasteiger partial charge in [-0.25, -0.2) is 4.79 Å². The van der Waals surface area contributed by atoms with Crippen LogP contribution in [0.15, 0.2) is 12.7 Å². The lowest BCUT2D eigenvalue weighted by molar-refractivity contribution is -0.308. The van der Waals surface area contributed by atoms with E-state index in [9.17, 15) is 13.2 Å². The molecule has 100 valence electrons. The van der Waals surface area contributed by atoms with Gasteiger partial charge in [0.05, 0.1) is 6.61 Å². The molecule has 17 heavy (non-hydrogen) atoms. The second-order valence-electron chi connectivity index (χ2n) is 4.09. The molecule has 0 aliphatic carbocycles. The van der Waals surface area contributed by atoms with Gasteiger partial charge in [-0.1, -0.05) is 20.4 Å². The molecular weight excluding hydrogens is 252 g/mol. The van der Waals surface area contributed by atoms with Gasteiger partial charge < -0.3 is 5.11 Å². The summed E-state index contributed by atoms with van der Waals surface area (Å²) in [5.41, 5.74) is -1.02. The van der Waals surface area contributed by atoms with Crippen molar-refractivity contribution in [3.8, 4) is 0 Å². The number of hydrogen-bond donors (Lipinski definition) is 2. The van der Waals surface area contributed by atoms with Crippen LogP contribution in [0.5, 0.6) is 0 Å². The minimum atomic E-state index is -4.32. The molecule has 8 heteroatoms. The molecule has 1 unspecified atom stereocenters. The Morgan fingerprint density at radius 3 is 2.41 bits per heavy atom. The summed E-state index contributed by atoms with van der Waals surface area (Å²) in [6.45, 7) is 5.69. The lowest BCUT2D eigenvalue weighted by Crippen LogP contribution is -2.40. The van der Waals surface area contributed by atoms with Crippen LogP contribution in [0.4, 0.5) is 0 Å². The first-order valence-electron chi connectivity index (χ1n) is 4.68. The Balaban J connectivity index is 4.75. The molecule has 0 aromatic heterocycles. The van der Waals surface area contributed by atoms with Crippen LogP contribution in [0.1, 0.15) is 13.8 Å². The molecule has 0 bridgehead atoms. The zero-order chi connectivity index (χ0) is 13.7. The van der Waals surface area contributed by atoms with Crippen LogP contribution in [0.2, 0.25) is 0 Å². The normalized spacial score (nSPS) is 14.1. The zero-order valence-corrected chi connectivity index (χ0v) is 10.4. The van der Waals surface area contributed by atoms with Gasteiger partial charge >= 0.3 is 5.97 Å². The van der Waals surface area contributed by atoms with Crippen molar-refractivity contribution in [1.29, 1.82) is 0 Å². The van der Waals surface area contributed by atoms with Gasteiger partial charge in [-0.3, -0.25) is 9.44 Å². The number of aliphatic hydroxyl groups is 1. The van der Waals surface area contributed by atoms with Crippen LogP contribution in [0.3, 0.4) is 0 Å². The Kier molecular flexibility index (Phi) is 5.76. The SMILES string of the molecule is C=CC(=O)OOC(CS(=O)(=O)O)C(C)(C)CO. The summed E-state index contributed by atoms with van der Waals surface area (Å²) in [6.07, 6.45) is -0.373. The van der Waals surface area contributed by atoms with Crippen molar-refractivity contribution in [1.82, 2.24) is 0 Å². The van der Waals surface area contributed by atoms with Gasteiger partial charge in [-0.2, -0.15) is 13.3 Å². The minimum Gasteiger partial charge on any atom is -0.396 e. The average Bonchev–Trinajstić information content (AvgIpc) is 2.21. The summed E-state index contributed by atoms with van der Waals surface area (Å²) >= 11 is 0. The van der Waals surface area contributed by atoms with E-state index >= 15 is 0 Å². The second kappa shape index (κ2) is 6.10. The maximum absolute atomic E-state index is 10.8. The second-order valence-corrected chi connectivity index (χ2v) is 5.58. The third kappa shape index (κ3) is 6.37. The fourth-order valence-corrected chi connectivity index (χ4v) is 1.71. The van der Waals surface area contributed by atoms with Gasteiger partial charge in [0.2, 0.25) is 0 Å². The molecule has 7 nitrogen and oxygen atoms in total. The predicted octanol–water partition coefficient (Wildman–Crippen LogP) is -0.0779. The summed E-state index contributed by atoms with van der Waals surface area (Å²) in [6, 6.07) is 0. The van der Waals surface area contributed by atoms with E-state index in [1.165, 1.54) is 13.8 Å². The highest BCUT2D eigenvalue weighted by Gasteiger charge is 2.35. The van der Waals surface area contributed by atoms with Crippen LogP contribution in [0.25, 0.3) is 0 Å². The van der Waals surface area contributed by atoms with Crippen molar-refractivity contribution >= 4 is 16.1 Å². The highest BCUT2D eigenvalue weighted by molar-refractivity contribution is 7.85. The van der Waals surface area contributed by atoms with E-state index in [1.807, 2.05) is 0 Å². The monoisotopic (exact) mass is 268 g/mol. The molecule has 0 saturated heterocycles. The molecule has 0 aromatic rings. The first-order valence-corrected chi connectivity index (χ1v) is 6.29. The van der Waals surface area contributed by atoms with Crippen molar-refractivity contribution in [2.45, 2.75) is 20.0 Å². The molecular formula is C9H16O7S. The first-order chi connectivity index (χ1) is 7.62. The third-order valence-corrected chi connectivity index (χ3v) is 2.78. The minimum absolute atomic E-state index is 0.418. The Hall–Kier alpha value is -0.960. The number of rotatable bonds is 7. The summed E-state index contributed by atoms with van der Waals surface area (Å²) in [7, 11) is -4.32. The fourth-order valence-electron chi connectivity index (χ4n) is 0.816. The maximum Gasteiger partial charge on any atom is 0.365 e. The summed E-state index contributed by atoms with van der Waals surface area (Å²) in [5, 5.41) is 9.07. The van der Waals surface area contributed by atoms with Crippen molar-refractivity contribution in [2.24, 2.45) is 5.41 Å². The topological polar surface area (TPSA) is 110 Å². The third-order valence-electron chi connectivity index (χ3n) is 2.05. The average molecular weight is 268 g/mol. The molecule has 0 saturated carbocycles. The van der Waals surface area contributed by atoms with Gasteiger partial charge in [-0.15, -0.1) is 0 Å². The molecule has 0 aliphatic heterocycles. The van der Waals surface area contributed by atoms with Crippen molar-refractivity contribution in [2.75, 3.05) is 12.4 Å². The summed E-state index contributed by atoms with van der Waals surface area (Å²) in [5.74, 6) is -1.70. The lowest BCUT2D eigenvalue weighted by Gasteiger charge is -2.29. The number of carbonyl (C=O) groups excluding carboxylic acids is 1. The summed E-state index contributed by atoms with van der Waals surface area (Å²) < 4.78 is 30.2. The molecule has 0 spiro atoms. The van der Waals surface area contributed by atoms with Crippen molar-refractivity contribution < 1.29 is 32.6 Å². The first kappa shape index (κ1) is 16.0. The Morgan fingerprint density at radius 1 is 1.53 bits per heavy atom. The fraction of sp³-hybridized carbons (Fsp3) is 0.667. The predicted molar refractivity (Wildman–Crippen MR) is 58.4 cm³/mol. The standard InChI is InChI=1S/C9H16O7S/c1-4-8(11)16-15-7(5-17(12,13)14)9(2,3)6-10/h4,7,10H,1,5-6H2,2-3H3,(H,12,13,14). The smallest absolute Gasteiger partial charge is 0.365 e. The quantitative estimate of drug-likeness (QED) is 0.287. The van der Waals surface area contributed by atoms with Gasteiger partial charge in [-0.05, 0) is 0 Å². The molecule has 1 atom stereocenters. The summed E-state index contributed by atoms with van der Waals surface area (Å²) in [4.78, 5) is 19.6. The van der Waals surface area contributed by atoms with Crippen LogP contribution >= 0.6 is 0 Å². The highest BCUT2D eigenvalue weighted by Crippen LogP contribution is 2.24. The number of carbonyl (C=O) groups is 1. The van der Waals surface area contributed by atoms with E-state index in [4.69, 9.17) is 9.66 Å². The highest BCUT2D eigenvalue weighted by atomic mass is 32.2. The van der Waals surface area contributed by atoms with Crippen molar-refractivity contribution in [3.63, 3.8) is 0 Å². The maximum atomic E-state index is 10.8. The van der Waals surface area contributed by atoms with Crippen LogP contribution in [0, 0.1) is 5.41 Å². The molecule has 2 N–H and O–H groups in total. The van der Waals surface area contributed by atoms with Gasteiger partial charge in [0.1, 0.15) is 11.9 Å². The lowest BCUT2D eigenvalue weighted by atomic mass is 9.89. The molecule has 0 aromatic carbocycles. The molecule has 0 amide bonds. The molecule has 0 radical (unpaired) electrons. The molecule has 0 heterocycles.